The van der Waals surface area contributed by atoms with Gasteiger partial charge >= 0.3 is 0 Å². The van der Waals surface area contributed by atoms with E-state index in [0.717, 1.165) is 32.6 Å². The maximum absolute atomic E-state index is 6.53. The fraction of sp³-hybridized carbons (Fsp3) is 0. The molecule has 0 aliphatic heterocycles. The lowest BCUT2D eigenvalue weighted by Crippen LogP contribution is -2.29. The Morgan fingerprint density at radius 2 is 0.808 bits per heavy atom. The zero-order valence-corrected chi connectivity index (χ0v) is 16.3. The molecule has 0 amide bonds. The Hall–Kier alpha value is -2.47. The normalized spacial score (nSPS) is 10.9. The predicted octanol–water partition coefficient (Wildman–Crippen LogP) is 5.37. The third-order valence-electron chi connectivity index (χ3n) is 4.49. The molecule has 0 saturated carbocycles. The first-order valence-electron chi connectivity index (χ1n) is 8.43. The molecule has 0 aliphatic carbocycles. The van der Waals surface area contributed by atoms with Crippen molar-refractivity contribution in [3.63, 3.8) is 0 Å². The van der Waals surface area contributed by atoms with Gasteiger partial charge in [0, 0.05) is 22.0 Å². The molecule has 0 bridgehead atoms. The number of benzene rings is 3. The van der Waals surface area contributed by atoms with Crippen LogP contribution in [0.3, 0.4) is 0 Å². The number of rotatable bonds is 6. The minimum atomic E-state index is -2.32. The molecular weight excluding hydrogens is 351 g/mol. The maximum atomic E-state index is 6.53. The molecule has 0 radical (unpaired) electrons. The summed E-state index contributed by atoms with van der Waals surface area (Å²) < 4.78 is 0. The average molecular weight is 372 g/mol. The van der Waals surface area contributed by atoms with Gasteiger partial charge in [-0.2, -0.15) is 0 Å². The van der Waals surface area contributed by atoms with Crippen LogP contribution < -0.4 is 15.9 Å². The van der Waals surface area contributed by atoms with Crippen LogP contribution in [-0.4, -0.2) is 0 Å². The van der Waals surface area contributed by atoms with E-state index in [4.69, 9.17) is 11.8 Å². The first-order chi connectivity index (χ1) is 12.7. The van der Waals surface area contributed by atoms with Crippen molar-refractivity contribution in [2.45, 2.75) is 0 Å². The standard InChI is InChI=1S/C24H21PS/c1-4-19-13-7-10-16-22(19)25(26,23-17-11-8-14-20(23)5-2)24-18-12-9-15-21(24)6-3/h4-18H,1-3H2. The lowest BCUT2D eigenvalue weighted by molar-refractivity contribution is 1.68. The second kappa shape index (κ2) is 7.83. The minimum absolute atomic E-state index is 1.08. The zero-order chi connectivity index (χ0) is 18.6. The number of hydrogen-bond donors (Lipinski definition) is 0. The molecule has 2 heteroatoms. The highest BCUT2D eigenvalue weighted by Crippen LogP contribution is 2.46. The van der Waals surface area contributed by atoms with E-state index in [9.17, 15) is 0 Å². The summed E-state index contributed by atoms with van der Waals surface area (Å²) in [4.78, 5) is 0. The van der Waals surface area contributed by atoms with Crippen molar-refractivity contribution < 1.29 is 0 Å². The first kappa shape index (κ1) is 18.3. The van der Waals surface area contributed by atoms with Crippen LogP contribution in [0.15, 0.2) is 92.5 Å². The van der Waals surface area contributed by atoms with Gasteiger partial charge < -0.3 is 0 Å². The van der Waals surface area contributed by atoms with Gasteiger partial charge in [0.05, 0.1) is 0 Å². The van der Waals surface area contributed by atoms with Crippen LogP contribution in [0.1, 0.15) is 16.7 Å². The summed E-state index contributed by atoms with van der Waals surface area (Å²) in [7, 11) is 0. The van der Waals surface area contributed by atoms with Crippen molar-refractivity contribution in [3.8, 4) is 0 Å². The third-order valence-corrected chi connectivity index (χ3v) is 9.52. The largest absolute Gasteiger partial charge is 0.0984 e. The van der Waals surface area contributed by atoms with Crippen LogP contribution in [0, 0.1) is 0 Å². The van der Waals surface area contributed by atoms with Gasteiger partial charge in [0.15, 0.2) is 0 Å². The Labute approximate surface area is 161 Å². The highest BCUT2D eigenvalue weighted by atomic mass is 32.4. The molecule has 0 heterocycles. The quantitative estimate of drug-likeness (QED) is 0.524. The molecular formula is C24H21PS. The van der Waals surface area contributed by atoms with Gasteiger partial charge in [-0.15, -0.1) is 0 Å². The van der Waals surface area contributed by atoms with Crippen LogP contribution in [0.25, 0.3) is 18.2 Å². The molecule has 3 aromatic rings. The molecule has 0 atom stereocenters. The van der Waals surface area contributed by atoms with Crippen LogP contribution >= 0.6 is 6.04 Å². The second-order valence-corrected chi connectivity index (χ2v) is 10.2. The molecule has 0 aliphatic rings. The minimum Gasteiger partial charge on any atom is -0.0984 e. The second-order valence-electron chi connectivity index (χ2n) is 5.90. The highest BCUT2D eigenvalue weighted by Gasteiger charge is 2.29. The molecule has 128 valence electrons. The molecule has 3 rings (SSSR count). The fourth-order valence-corrected chi connectivity index (χ4v) is 7.98. The summed E-state index contributed by atoms with van der Waals surface area (Å²) in [6.45, 7) is 12.0. The van der Waals surface area contributed by atoms with E-state index in [0.29, 0.717) is 0 Å². The van der Waals surface area contributed by atoms with Crippen LogP contribution in [-0.2, 0) is 11.8 Å². The van der Waals surface area contributed by atoms with Gasteiger partial charge in [0.1, 0.15) is 0 Å². The van der Waals surface area contributed by atoms with Gasteiger partial charge in [0.2, 0.25) is 0 Å². The lowest BCUT2D eigenvalue weighted by Gasteiger charge is -2.28. The Balaban J connectivity index is 2.48. The first-order valence-corrected chi connectivity index (χ1v) is 11.2. The van der Waals surface area contributed by atoms with Gasteiger partial charge in [-0.1, -0.05) is 123 Å². The van der Waals surface area contributed by atoms with Crippen molar-refractivity contribution >= 4 is 52.0 Å². The van der Waals surface area contributed by atoms with E-state index in [-0.39, 0.29) is 0 Å². The molecule has 26 heavy (non-hydrogen) atoms. The van der Waals surface area contributed by atoms with Crippen LogP contribution in [0.4, 0.5) is 0 Å². The summed E-state index contributed by atoms with van der Waals surface area (Å²) in [6, 6.07) is 22.6. The average Bonchev–Trinajstić information content (AvgIpc) is 2.73. The Kier molecular flexibility index (Phi) is 5.52. The molecule has 0 aromatic heterocycles. The van der Waals surface area contributed by atoms with Gasteiger partial charge in [-0.25, -0.2) is 0 Å². The van der Waals surface area contributed by atoms with Crippen LogP contribution in [0.5, 0.6) is 0 Å². The molecule has 0 N–H and O–H groups in total. The monoisotopic (exact) mass is 372 g/mol. The molecule has 0 fully saturated rings. The Bertz CT molecular complexity index is 898. The molecule has 3 aromatic carbocycles. The van der Waals surface area contributed by atoms with E-state index in [1.165, 1.54) is 0 Å². The SMILES string of the molecule is C=Cc1ccccc1P(=S)(c1ccccc1C=C)c1ccccc1C=C. The number of hydrogen-bond acceptors (Lipinski definition) is 1. The van der Waals surface area contributed by atoms with Gasteiger partial charge in [-0.05, 0) is 16.7 Å². The maximum Gasteiger partial charge on any atom is 0.0397 e. The highest BCUT2D eigenvalue weighted by molar-refractivity contribution is 8.25. The van der Waals surface area contributed by atoms with Crippen molar-refractivity contribution in [2.24, 2.45) is 0 Å². The summed E-state index contributed by atoms with van der Waals surface area (Å²) >= 11 is 6.53. The Morgan fingerprint density at radius 1 is 0.538 bits per heavy atom. The zero-order valence-electron chi connectivity index (χ0n) is 14.6. The van der Waals surface area contributed by atoms with Crippen molar-refractivity contribution in [2.75, 3.05) is 0 Å². The smallest absolute Gasteiger partial charge is 0.0397 e. The molecule has 0 saturated heterocycles. The topological polar surface area (TPSA) is 0 Å². The van der Waals surface area contributed by atoms with Gasteiger partial charge in [-0.3, -0.25) is 0 Å². The summed E-state index contributed by atoms with van der Waals surface area (Å²) in [5.74, 6) is 0. The van der Waals surface area contributed by atoms with Gasteiger partial charge in [0.25, 0.3) is 0 Å². The lowest BCUT2D eigenvalue weighted by atomic mass is 10.2. The predicted molar refractivity (Wildman–Crippen MR) is 123 cm³/mol. The molecule has 0 spiro atoms. The van der Waals surface area contributed by atoms with Crippen molar-refractivity contribution in [1.82, 2.24) is 0 Å². The summed E-state index contributed by atoms with van der Waals surface area (Å²) in [6.07, 6.45) is 5.68. The van der Waals surface area contributed by atoms with E-state index >= 15 is 0 Å². The Morgan fingerprint density at radius 3 is 1.08 bits per heavy atom. The summed E-state index contributed by atoms with van der Waals surface area (Å²) in [5.41, 5.74) is 3.23. The molecule has 0 unspecified atom stereocenters. The van der Waals surface area contributed by atoms with E-state index in [2.05, 4.69) is 74.3 Å². The van der Waals surface area contributed by atoms with E-state index in [1.54, 1.807) is 0 Å². The third kappa shape index (κ3) is 3.05. The van der Waals surface area contributed by atoms with Crippen molar-refractivity contribution in [1.29, 1.82) is 0 Å². The molecule has 0 nitrogen and oxygen atoms in total. The van der Waals surface area contributed by atoms with Crippen molar-refractivity contribution in [3.05, 3.63) is 109 Å². The van der Waals surface area contributed by atoms with Crippen LogP contribution in [0.2, 0.25) is 0 Å². The van der Waals surface area contributed by atoms with E-state index in [1.807, 2.05) is 36.4 Å². The summed E-state index contributed by atoms with van der Waals surface area (Å²) in [5, 5.41) is 3.44. The van der Waals surface area contributed by atoms with E-state index < -0.39 is 6.04 Å². The fourth-order valence-electron chi connectivity index (χ4n) is 3.23.